The Hall–Kier alpha value is 0.650. The second kappa shape index (κ2) is 7.65. The van der Waals surface area contributed by atoms with Gasteiger partial charge in [-0.2, -0.15) is 0 Å². The van der Waals surface area contributed by atoms with Gasteiger partial charge in [-0.05, 0) is 17.3 Å². The number of rotatable bonds is 5. The van der Waals surface area contributed by atoms with E-state index in [1.165, 1.54) is 10.8 Å². The van der Waals surface area contributed by atoms with Gasteiger partial charge in [-0.1, -0.05) is 22.6 Å². The molecule has 0 amide bonds. The standard InChI is InChI=1S/C5H12INO/c1-7-8-5-3-2-4-6/h7H,2-5H2,1H3. The number of hydrogen-bond acceptors (Lipinski definition) is 2. The maximum absolute atomic E-state index is 4.88. The quantitative estimate of drug-likeness (QED) is 0.332. The van der Waals surface area contributed by atoms with Gasteiger partial charge in [0, 0.05) is 7.05 Å². The lowest BCUT2D eigenvalue weighted by Gasteiger charge is -1.97. The molecule has 0 aliphatic rings. The van der Waals surface area contributed by atoms with E-state index in [-0.39, 0.29) is 0 Å². The molecule has 0 spiro atoms. The van der Waals surface area contributed by atoms with Crippen molar-refractivity contribution in [2.24, 2.45) is 0 Å². The number of halogens is 1. The maximum Gasteiger partial charge on any atom is 0.0682 e. The minimum atomic E-state index is 0.833. The Morgan fingerprint density at radius 2 is 2.25 bits per heavy atom. The molecule has 0 rings (SSSR count). The van der Waals surface area contributed by atoms with E-state index in [0.717, 1.165) is 13.0 Å². The summed E-state index contributed by atoms with van der Waals surface area (Å²) in [5.74, 6) is 0. The summed E-state index contributed by atoms with van der Waals surface area (Å²) < 4.78 is 1.23. The Bertz CT molecular complexity index is 37.4. The zero-order valence-electron chi connectivity index (χ0n) is 5.11. The molecule has 50 valence electrons. The summed E-state index contributed by atoms with van der Waals surface area (Å²) in [6.07, 6.45) is 2.41. The van der Waals surface area contributed by atoms with E-state index in [2.05, 4.69) is 28.1 Å². The molecule has 0 radical (unpaired) electrons. The average Bonchev–Trinajstić information content (AvgIpc) is 1.81. The van der Waals surface area contributed by atoms with Gasteiger partial charge in [0.1, 0.15) is 0 Å². The molecule has 0 fully saturated rings. The van der Waals surface area contributed by atoms with Crippen molar-refractivity contribution in [1.82, 2.24) is 5.48 Å². The molecule has 0 aromatic heterocycles. The first-order chi connectivity index (χ1) is 3.91. The van der Waals surface area contributed by atoms with Crippen LogP contribution in [0.25, 0.3) is 0 Å². The fraction of sp³-hybridized carbons (Fsp3) is 1.00. The van der Waals surface area contributed by atoms with Crippen LogP contribution in [0.5, 0.6) is 0 Å². The van der Waals surface area contributed by atoms with Crippen LogP contribution in [0.15, 0.2) is 0 Å². The molecule has 0 aromatic rings. The van der Waals surface area contributed by atoms with Gasteiger partial charge in [-0.3, -0.25) is 0 Å². The van der Waals surface area contributed by atoms with Crippen molar-refractivity contribution < 1.29 is 4.84 Å². The van der Waals surface area contributed by atoms with Crippen molar-refractivity contribution in [2.75, 3.05) is 18.1 Å². The van der Waals surface area contributed by atoms with Crippen LogP contribution >= 0.6 is 22.6 Å². The largest absolute Gasteiger partial charge is 0.302 e. The number of hydrogen-bond donors (Lipinski definition) is 1. The van der Waals surface area contributed by atoms with Gasteiger partial charge in [-0.15, -0.1) is 0 Å². The van der Waals surface area contributed by atoms with Crippen molar-refractivity contribution in [3.8, 4) is 0 Å². The lowest BCUT2D eigenvalue weighted by molar-refractivity contribution is 0.0562. The smallest absolute Gasteiger partial charge is 0.0682 e. The van der Waals surface area contributed by atoms with Crippen LogP contribution in [0.4, 0.5) is 0 Å². The van der Waals surface area contributed by atoms with Crippen molar-refractivity contribution in [3.05, 3.63) is 0 Å². The van der Waals surface area contributed by atoms with Crippen LogP contribution in [0.1, 0.15) is 12.8 Å². The van der Waals surface area contributed by atoms with Crippen molar-refractivity contribution in [3.63, 3.8) is 0 Å². The number of nitrogens with one attached hydrogen (secondary N) is 1. The summed E-state index contributed by atoms with van der Waals surface area (Å²) in [4.78, 5) is 4.88. The average molecular weight is 229 g/mol. The van der Waals surface area contributed by atoms with E-state index in [1.54, 1.807) is 7.05 Å². The second-order valence-corrected chi connectivity index (χ2v) is 2.53. The van der Waals surface area contributed by atoms with Gasteiger partial charge in [0.25, 0.3) is 0 Å². The van der Waals surface area contributed by atoms with Crippen LogP contribution in [-0.4, -0.2) is 18.1 Å². The minimum absolute atomic E-state index is 0.833. The third-order valence-electron chi connectivity index (χ3n) is 0.774. The molecule has 0 saturated carbocycles. The van der Waals surface area contributed by atoms with Gasteiger partial charge < -0.3 is 4.84 Å². The van der Waals surface area contributed by atoms with Crippen LogP contribution < -0.4 is 5.48 Å². The highest BCUT2D eigenvalue weighted by atomic mass is 127. The van der Waals surface area contributed by atoms with Gasteiger partial charge in [0.2, 0.25) is 0 Å². The van der Waals surface area contributed by atoms with E-state index < -0.39 is 0 Å². The maximum atomic E-state index is 4.88. The molecule has 3 heteroatoms. The molecule has 0 bridgehead atoms. The molecule has 0 heterocycles. The first-order valence-electron chi connectivity index (χ1n) is 2.76. The number of unbranched alkanes of at least 4 members (excludes halogenated alkanes) is 1. The topological polar surface area (TPSA) is 21.3 Å². The van der Waals surface area contributed by atoms with Gasteiger partial charge >= 0.3 is 0 Å². The Morgan fingerprint density at radius 3 is 2.75 bits per heavy atom. The molecule has 0 aliphatic carbocycles. The summed E-state index contributed by atoms with van der Waals surface area (Å²) in [7, 11) is 1.78. The van der Waals surface area contributed by atoms with E-state index in [4.69, 9.17) is 4.84 Å². The van der Waals surface area contributed by atoms with Crippen LogP contribution in [-0.2, 0) is 4.84 Å². The Morgan fingerprint density at radius 1 is 1.50 bits per heavy atom. The van der Waals surface area contributed by atoms with Crippen molar-refractivity contribution >= 4 is 22.6 Å². The normalized spacial score (nSPS) is 9.75. The third-order valence-corrected chi connectivity index (χ3v) is 1.54. The summed E-state index contributed by atoms with van der Waals surface area (Å²) >= 11 is 2.36. The van der Waals surface area contributed by atoms with E-state index >= 15 is 0 Å². The van der Waals surface area contributed by atoms with E-state index in [1.807, 2.05) is 0 Å². The van der Waals surface area contributed by atoms with E-state index in [0.29, 0.717) is 0 Å². The number of hydroxylamine groups is 1. The molecular weight excluding hydrogens is 217 g/mol. The summed E-state index contributed by atoms with van der Waals surface area (Å²) in [5, 5.41) is 0. The fourth-order valence-corrected chi connectivity index (χ4v) is 0.910. The molecule has 0 aromatic carbocycles. The zero-order chi connectivity index (χ0) is 6.24. The highest BCUT2D eigenvalue weighted by Gasteiger charge is 1.83. The summed E-state index contributed by atoms with van der Waals surface area (Å²) in [6.45, 7) is 0.833. The molecule has 1 N–H and O–H groups in total. The van der Waals surface area contributed by atoms with Crippen LogP contribution in [0, 0.1) is 0 Å². The lowest BCUT2D eigenvalue weighted by Crippen LogP contribution is -2.08. The molecule has 0 unspecified atom stereocenters. The Labute approximate surface area is 64.1 Å². The molecule has 0 aliphatic heterocycles. The monoisotopic (exact) mass is 229 g/mol. The van der Waals surface area contributed by atoms with Crippen LogP contribution in [0.2, 0.25) is 0 Å². The highest BCUT2D eigenvalue weighted by Crippen LogP contribution is 1.92. The van der Waals surface area contributed by atoms with Crippen LogP contribution in [0.3, 0.4) is 0 Å². The van der Waals surface area contributed by atoms with Gasteiger partial charge in [0.15, 0.2) is 0 Å². The van der Waals surface area contributed by atoms with Gasteiger partial charge in [0.05, 0.1) is 6.61 Å². The predicted molar refractivity (Wildman–Crippen MR) is 43.1 cm³/mol. The third kappa shape index (κ3) is 6.65. The summed E-state index contributed by atoms with van der Waals surface area (Å²) in [6, 6.07) is 0. The van der Waals surface area contributed by atoms with Crippen molar-refractivity contribution in [1.29, 1.82) is 0 Å². The number of alkyl halides is 1. The second-order valence-electron chi connectivity index (χ2n) is 1.45. The van der Waals surface area contributed by atoms with Gasteiger partial charge in [-0.25, -0.2) is 5.48 Å². The zero-order valence-corrected chi connectivity index (χ0v) is 7.27. The molecule has 8 heavy (non-hydrogen) atoms. The lowest BCUT2D eigenvalue weighted by atomic mass is 10.4. The predicted octanol–water partition coefficient (Wildman–Crippen LogP) is 1.35. The fourth-order valence-electron chi connectivity index (χ4n) is 0.371. The Balaban J connectivity index is 2.53. The Kier molecular flexibility index (Phi) is 8.27. The van der Waals surface area contributed by atoms with E-state index in [9.17, 15) is 0 Å². The minimum Gasteiger partial charge on any atom is -0.302 e. The molecular formula is C5H12INO. The first-order valence-corrected chi connectivity index (χ1v) is 4.29. The SMILES string of the molecule is CNOCCCCI. The molecule has 2 nitrogen and oxygen atoms in total. The highest BCUT2D eigenvalue weighted by molar-refractivity contribution is 14.1. The molecule has 0 atom stereocenters. The summed E-state index contributed by atoms with van der Waals surface area (Å²) in [5.41, 5.74) is 2.62. The van der Waals surface area contributed by atoms with Crippen molar-refractivity contribution in [2.45, 2.75) is 12.8 Å². The first kappa shape index (κ1) is 8.65. The molecule has 0 saturated heterocycles.